The van der Waals surface area contributed by atoms with E-state index >= 15 is 0 Å². The van der Waals surface area contributed by atoms with Gasteiger partial charge in [0, 0.05) is 41.9 Å². The van der Waals surface area contributed by atoms with Gasteiger partial charge in [-0.3, -0.25) is 15.8 Å². The van der Waals surface area contributed by atoms with Crippen molar-refractivity contribution in [2.45, 2.75) is 0 Å². The molecule has 6 heteroatoms. The van der Waals surface area contributed by atoms with Crippen molar-refractivity contribution in [3.63, 3.8) is 0 Å². The zero-order valence-corrected chi connectivity index (χ0v) is 29.2. The summed E-state index contributed by atoms with van der Waals surface area (Å²) < 4.78 is 0. The molecule has 3 N–H and O–H groups in total. The molecule has 0 radical (unpaired) electrons. The normalized spacial score (nSPS) is 13.9. The Balaban J connectivity index is 1.14. The number of nitrogens with zero attached hydrogens (tertiary/aromatic N) is 4. The summed E-state index contributed by atoms with van der Waals surface area (Å²) in [4.78, 5) is 17.1. The highest BCUT2D eigenvalue weighted by Crippen LogP contribution is 2.39. The van der Waals surface area contributed by atoms with Crippen LogP contribution in [0, 0.1) is 5.41 Å². The molecule has 53 heavy (non-hydrogen) atoms. The lowest BCUT2D eigenvalue weighted by atomic mass is 9.82. The average Bonchev–Trinajstić information content (AvgIpc) is 3.22. The number of rotatable bonds is 6. The number of hydrogen-bond acceptors (Lipinski definition) is 5. The third-order valence-corrected chi connectivity index (χ3v) is 10.00. The van der Waals surface area contributed by atoms with E-state index in [0.717, 1.165) is 96.0 Å². The Labute approximate surface area is 308 Å². The quantitative estimate of drug-likeness (QED) is 0.184. The Morgan fingerprint density at radius 2 is 1.32 bits per heavy atom. The standard InChI is InChI=1S/C47H34N6/c1-53-25-11-9-17-43(53)42-28-35(27-41(51-42)39-16-8-10-24-50-39)31-20-18-30(19-21-31)34-22-23-36-40(26-34)52-47(33-14-6-3-7-15-33)38-29-37(32-12-4-2-5-13-32)45(48)46(49)44(36)38/h2-24,26-29,48-49H,25H2,1H3/p+1. The maximum absolute atomic E-state index is 9.12. The second-order valence-electron chi connectivity index (χ2n) is 13.3. The maximum atomic E-state index is 9.12. The fourth-order valence-corrected chi connectivity index (χ4v) is 7.25. The van der Waals surface area contributed by atoms with Gasteiger partial charge in [0.25, 0.3) is 0 Å². The Kier molecular flexibility index (Phi) is 7.97. The van der Waals surface area contributed by atoms with Gasteiger partial charge in [-0.15, -0.1) is 0 Å². The van der Waals surface area contributed by atoms with Gasteiger partial charge in [-0.2, -0.15) is 0 Å². The lowest BCUT2D eigenvalue weighted by molar-refractivity contribution is -0.109. The number of hydrogen-bond donors (Lipinski definition) is 2. The predicted molar refractivity (Wildman–Crippen MR) is 217 cm³/mol. The molecule has 0 unspecified atom stereocenters. The van der Waals surface area contributed by atoms with E-state index in [1.165, 1.54) is 0 Å². The zero-order chi connectivity index (χ0) is 35.9. The number of likely N-dealkylation sites (N-methyl/N-ethyl adjacent to an activating group) is 1. The molecule has 9 rings (SSSR count). The first-order valence-electron chi connectivity index (χ1n) is 17.7. The van der Waals surface area contributed by atoms with Crippen LogP contribution in [-0.2, 0) is 0 Å². The largest absolute Gasteiger partial charge is 0.369 e. The molecule has 2 aliphatic rings. The minimum atomic E-state index is 0.322. The molecule has 1 aliphatic carbocycles. The van der Waals surface area contributed by atoms with E-state index < -0.39 is 0 Å². The highest BCUT2D eigenvalue weighted by molar-refractivity contribution is 6.63. The van der Waals surface area contributed by atoms with Crippen molar-refractivity contribution in [2.75, 3.05) is 13.6 Å². The van der Waals surface area contributed by atoms with Gasteiger partial charge in [0.1, 0.15) is 5.71 Å². The van der Waals surface area contributed by atoms with Gasteiger partial charge in [-0.25, -0.2) is 9.97 Å². The summed E-state index contributed by atoms with van der Waals surface area (Å²) in [6.07, 6.45) is 10.2. The molecular formula is C47H35N6+. The molecular weight excluding hydrogens is 649 g/mol. The van der Waals surface area contributed by atoms with Gasteiger partial charge in [0.15, 0.2) is 0 Å². The monoisotopic (exact) mass is 683 g/mol. The van der Waals surface area contributed by atoms with Crippen LogP contribution in [0.5, 0.6) is 0 Å². The van der Waals surface area contributed by atoms with Crippen LogP contribution in [0.3, 0.4) is 0 Å². The van der Waals surface area contributed by atoms with Crippen LogP contribution in [0.4, 0.5) is 0 Å². The third kappa shape index (κ3) is 5.86. The molecule has 0 spiro atoms. The van der Waals surface area contributed by atoms with Crippen LogP contribution in [0.2, 0.25) is 0 Å². The average molecular weight is 684 g/mol. The van der Waals surface area contributed by atoms with E-state index in [1.54, 1.807) is 6.20 Å². The van der Waals surface area contributed by atoms with Gasteiger partial charge < -0.3 is 4.90 Å². The molecule has 0 saturated carbocycles. The maximum Gasteiger partial charge on any atom is 0.231 e. The molecule has 0 amide bonds. The summed E-state index contributed by atoms with van der Waals surface area (Å²) in [6, 6.07) is 45.4. The van der Waals surface area contributed by atoms with E-state index in [2.05, 4.69) is 108 Å². The Hall–Kier alpha value is -7.05. The number of pyridine rings is 3. The van der Waals surface area contributed by atoms with Crippen LogP contribution in [0.1, 0.15) is 22.4 Å². The first-order valence-corrected chi connectivity index (χ1v) is 17.7. The molecule has 4 aromatic carbocycles. The fourth-order valence-electron chi connectivity index (χ4n) is 7.25. The highest BCUT2D eigenvalue weighted by Gasteiger charge is 2.31. The lowest BCUT2D eigenvalue weighted by Crippen LogP contribution is -2.47. The number of aromatic nitrogens is 3. The number of nitrogens with one attached hydrogen (secondary N) is 1. The van der Waals surface area contributed by atoms with Gasteiger partial charge in [0.05, 0.1) is 39.6 Å². The molecule has 7 aromatic rings. The van der Waals surface area contributed by atoms with Crippen LogP contribution in [-0.4, -0.2) is 44.9 Å². The van der Waals surface area contributed by atoms with Crippen LogP contribution >= 0.6 is 0 Å². The number of benzene rings is 4. The van der Waals surface area contributed by atoms with Gasteiger partial charge >= 0.3 is 0 Å². The molecule has 4 heterocycles. The van der Waals surface area contributed by atoms with Crippen molar-refractivity contribution in [1.29, 1.82) is 5.41 Å². The lowest BCUT2D eigenvalue weighted by Gasteiger charge is -2.24. The summed E-state index contributed by atoms with van der Waals surface area (Å²) in [7, 11) is 2.09. The molecule has 0 fully saturated rings. The van der Waals surface area contributed by atoms with Crippen molar-refractivity contribution in [3.8, 4) is 44.9 Å². The van der Waals surface area contributed by atoms with Gasteiger partial charge in [-0.1, -0.05) is 115 Å². The topological polar surface area (TPSA) is 91.4 Å². The predicted octanol–water partition coefficient (Wildman–Crippen LogP) is 8.66. The highest BCUT2D eigenvalue weighted by atomic mass is 15.1. The minimum absolute atomic E-state index is 0.322. The Bertz CT molecular complexity index is 2660. The SMILES string of the molecule is CN1CC=CC=C1c1cc(-c2ccc(-c3ccc4c5c(c(-c6ccccc6)nc4c3)C=C(c3ccccc3)C(=N)C5=[NH2+])cc2)cc(-c2ccccn2)n1. The molecule has 0 atom stereocenters. The molecule has 6 nitrogen and oxygen atoms in total. The molecule has 0 saturated heterocycles. The van der Waals surface area contributed by atoms with Crippen LogP contribution < -0.4 is 5.41 Å². The first kappa shape index (κ1) is 31.9. The second kappa shape index (κ2) is 13.2. The number of allylic oxidation sites excluding steroid dienone is 3. The Morgan fingerprint density at radius 3 is 2.04 bits per heavy atom. The fraction of sp³-hybridized carbons (Fsp3) is 0.0426. The third-order valence-electron chi connectivity index (χ3n) is 10.00. The zero-order valence-electron chi connectivity index (χ0n) is 29.2. The summed E-state index contributed by atoms with van der Waals surface area (Å²) in [5, 5.41) is 16.9. The molecule has 1 aliphatic heterocycles. The molecule has 0 bridgehead atoms. The van der Waals surface area contributed by atoms with Crippen LogP contribution in [0.25, 0.3) is 73.1 Å². The van der Waals surface area contributed by atoms with Crippen LogP contribution in [0.15, 0.2) is 158 Å². The number of fused-ring (bicyclic) bond motifs is 3. The smallest absolute Gasteiger partial charge is 0.231 e. The second-order valence-corrected chi connectivity index (χ2v) is 13.3. The summed E-state index contributed by atoms with van der Waals surface area (Å²) in [5.74, 6) is 0. The van der Waals surface area contributed by atoms with Crippen molar-refractivity contribution < 1.29 is 5.41 Å². The van der Waals surface area contributed by atoms with E-state index in [-0.39, 0.29) is 0 Å². The minimum Gasteiger partial charge on any atom is -0.369 e. The summed E-state index contributed by atoms with van der Waals surface area (Å²) >= 11 is 0. The van der Waals surface area contributed by atoms with Crippen molar-refractivity contribution in [2.24, 2.45) is 0 Å². The first-order chi connectivity index (χ1) is 26.0. The van der Waals surface area contributed by atoms with Crippen molar-refractivity contribution >= 4 is 39.7 Å². The summed E-state index contributed by atoms with van der Waals surface area (Å²) in [6.45, 7) is 0.834. The molecule has 3 aromatic heterocycles. The van der Waals surface area contributed by atoms with Crippen molar-refractivity contribution in [1.82, 2.24) is 19.9 Å². The number of nitrogens with two attached hydrogens (primary N) is 1. The summed E-state index contributed by atoms with van der Waals surface area (Å²) in [5.41, 5.74) is 14.9. The van der Waals surface area contributed by atoms with E-state index in [0.29, 0.717) is 11.4 Å². The molecule has 252 valence electrons. The van der Waals surface area contributed by atoms with Crippen molar-refractivity contribution in [3.05, 3.63) is 180 Å². The van der Waals surface area contributed by atoms with Gasteiger partial charge in [0.2, 0.25) is 5.71 Å². The van der Waals surface area contributed by atoms with E-state index in [9.17, 15) is 0 Å². The van der Waals surface area contributed by atoms with Gasteiger partial charge in [-0.05, 0) is 70.3 Å². The van der Waals surface area contributed by atoms with E-state index in [1.807, 2.05) is 66.7 Å². The Morgan fingerprint density at radius 1 is 0.642 bits per heavy atom. The van der Waals surface area contributed by atoms with E-state index in [4.69, 9.17) is 20.8 Å².